The maximum atomic E-state index is 13.2. The van der Waals surface area contributed by atoms with E-state index >= 15 is 0 Å². The summed E-state index contributed by atoms with van der Waals surface area (Å²) in [5.74, 6) is 0.890. The Bertz CT molecular complexity index is 1410. The second-order valence-electron chi connectivity index (χ2n) is 8.29. The number of aryl methyl sites for hydroxylation is 1. The first kappa shape index (κ1) is 22.7. The fraction of sp³-hybridized carbons (Fsp3) is 0.318. The van der Waals surface area contributed by atoms with E-state index in [0.29, 0.717) is 29.4 Å². The predicted octanol–water partition coefficient (Wildman–Crippen LogP) is 2.89. The molecule has 0 unspecified atom stereocenters. The molecule has 1 aromatic carbocycles. The minimum Gasteiger partial charge on any atom is -0.494 e. The van der Waals surface area contributed by atoms with Crippen LogP contribution in [0, 0.1) is 0 Å². The van der Waals surface area contributed by atoms with E-state index in [4.69, 9.17) is 9.47 Å². The molecule has 0 amide bonds. The zero-order chi connectivity index (χ0) is 23.8. The number of rotatable bonds is 8. The number of methoxy groups -OCH3 is 2. The molecule has 0 radical (unpaired) electrons. The van der Waals surface area contributed by atoms with Gasteiger partial charge in [-0.3, -0.25) is 9.40 Å². The van der Waals surface area contributed by atoms with Gasteiger partial charge >= 0.3 is 0 Å². The van der Waals surface area contributed by atoms with Crippen LogP contribution in [0.3, 0.4) is 0 Å². The molecule has 0 aliphatic rings. The lowest BCUT2D eigenvalue weighted by Gasteiger charge is -2.24. The second-order valence-corrected chi connectivity index (χ2v) is 9.98. The molecular formula is C22H26N6O4S. The van der Waals surface area contributed by atoms with Crippen LogP contribution in [0.2, 0.25) is 0 Å². The lowest BCUT2D eigenvalue weighted by atomic mass is 9.86. The highest BCUT2D eigenvalue weighted by molar-refractivity contribution is 7.92. The highest BCUT2D eigenvalue weighted by Crippen LogP contribution is 2.34. The Hall–Kier alpha value is -3.44. The molecule has 0 aliphatic heterocycles. The molecule has 0 saturated carbocycles. The summed E-state index contributed by atoms with van der Waals surface area (Å²) < 4.78 is 42.8. The lowest BCUT2D eigenvalue weighted by molar-refractivity contribution is 0.146. The number of benzene rings is 1. The third-order valence-electron chi connectivity index (χ3n) is 5.46. The van der Waals surface area contributed by atoms with Crippen LogP contribution < -0.4 is 9.46 Å². The van der Waals surface area contributed by atoms with Gasteiger partial charge in [0.15, 0.2) is 5.82 Å². The summed E-state index contributed by atoms with van der Waals surface area (Å²) >= 11 is 0. The van der Waals surface area contributed by atoms with Crippen LogP contribution in [-0.2, 0) is 27.2 Å². The second kappa shape index (κ2) is 8.49. The number of hydrogen-bond donors (Lipinski definition) is 1. The number of pyridine rings is 1. The van der Waals surface area contributed by atoms with Gasteiger partial charge in [-0.2, -0.15) is 10.2 Å². The lowest BCUT2D eigenvalue weighted by Crippen LogP contribution is -2.23. The first-order valence-electron chi connectivity index (χ1n) is 10.2. The van der Waals surface area contributed by atoms with Gasteiger partial charge in [-0.1, -0.05) is 13.8 Å². The van der Waals surface area contributed by atoms with Crippen molar-refractivity contribution in [3.63, 3.8) is 0 Å². The molecule has 4 aromatic rings. The topological polar surface area (TPSA) is 113 Å². The van der Waals surface area contributed by atoms with E-state index in [9.17, 15) is 8.42 Å². The predicted molar refractivity (Wildman–Crippen MR) is 124 cm³/mol. The van der Waals surface area contributed by atoms with Gasteiger partial charge in [0.05, 0.1) is 37.8 Å². The molecule has 11 heteroatoms. The minimum atomic E-state index is -3.97. The molecule has 0 fully saturated rings. The Morgan fingerprint density at radius 3 is 2.64 bits per heavy atom. The SMILES string of the molecule is COCC(C)(C)c1ccnc(-n2cc(S(=O)(=O)Nc3c(OC)ccc4cnn(C)c34)cn2)c1. The van der Waals surface area contributed by atoms with Crippen LogP contribution >= 0.6 is 0 Å². The van der Waals surface area contributed by atoms with Gasteiger partial charge in [0.25, 0.3) is 10.0 Å². The Morgan fingerprint density at radius 1 is 1.12 bits per heavy atom. The molecule has 3 heterocycles. The van der Waals surface area contributed by atoms with Crippen molar-refractivity contribution in [2.24, 2.45) is 7.05 Å². The van der Waals surface area contributed by atoms with Crippen LogP contribution in [0.5, 0.6) is 5.75 Å². The summed E-state index contributed by atoms with van der Waals surface area (Å²) in [4.78, 5) is 4.34. The van der Waals surface area contributed by atoms with E-state index in [1.165, 1.54) is 24.2 Å². The number of fused-ring (bicyclic) bond motifs is 1. The molecule has 0 saturated heterocycles. The summed E-state index contributed by atoms with van der Waals surface area (Å²) in [7, 11) is 0.907. The highest BCUT2D eigenvalue weighted by Gasteiger charge is 2.24. The summed E-state index contributed by atoms with van der Waals surface area (Å²) in [5.41, 5.74) is 1.68. The molecule has 0 aliphatic carbocycles. The number of anilines is 1. The van der Waals surface area contributed by atoms with E-state index in [1.54, 1.807) is 37.3 Å². The van der Waals surface area contributed by atoms with Crippen molar-refractivity contribution in [3.8, 4) is 11.6 Å². The van der Waals surface area contributed by atoms with Gasteiger partial charge in [0, 0.05) is 31.2 Å². The van der Waals surface area contributed by atoms with Crippen LogP contribution in [-0.4, -0.2) is 53.8 Å². The molecular weight excluding hydrogens is 444 g/mol. The maximum Gasteiger partial charge on any atom is 0.265 e. The first-order chi connectivity index (χ1) is 15.7. The number of sulfonamides is 1. The number of nitrogens with one attached hydrogen (secondary N) is 1. The summed E-state index contributed by atoms with van der Waals surface area (Å²) in [6.45, 7) is 4.65. The van der Waals surface area contributed by atoms with E-state index < -0.39 is 10.0 Å². The molecule has 0 atom stereocenters. The van der Waals surface area contributed by atoms with Crippen LogP contribution in [0.4, 0.5) is 5.69 Å². The van der Waals surface area contributed by atoms with Gasteiger partial charge in [-0.15, -0.1) is 0 Å². The molecule has 1 N–H and O–H groups in total. The molecule has 4 rings (SSSR count). The third-order valence-corrected chi connectivity index (χ3v) is 6.76. The largest absolute Gasteiger partial charge is 0.494 e. The van der Waals surface area contributed by atoms with Gasteiger partial charge < -0.3 is 9.47 Å². The van der Waals surface area contributed by atoms with Crippen molar-refractivity contribution < 1.29 is 17.9 Å². The minimum absolute atomic E-state index is 0.00733. The molecule has 174 valence electrons. The fourth-order valence-corrected chi connectivity index (χ4v) is 4.70. The summed E-state index contributed by atoms with van der Waals surface area (Å²) in [5, 5.41) is 9.23. The molecule has 33 heavy (non-hydrogen) atoms. The smallest absolute Gasteiger partial charge is 0.265 e. The normalized spacial score (nSPS) is 12.3. The Morgan fingerprint density at radius 2 is 1.91 bits per heavy atom. The average molecular weight is 471 g/mol. The van der Waals surface area contributed by atoms with Gasteiger partial charge in [-0.05, 0) is 29.8 Å². The molecule has 0 bridgehead atoms. The monoisotopic (exact) mass is 470 g/mol. The van der Waals surface area contributed by atoms with E-state index in [-0.39, 0.29) is 10.3 Å². The summed E-state index contributed by atoms with van der Waals surface area (Å²) in [6.07, 6.45) is 6.04. The Labute approximate surface area is 192 Å². The van der Waals surface area contributed by atoms with E-state index in [1.807, 2.05) is 18.2 Å². The zero-order valence-corrected chi connectivity index (χ0v) is 19.9. The standard InChI is InChI=1S/C22H26N6O4S/c1-22(2,14-31-4)16-8-9-23-19(10-16)28-13-17(12-25-28)33(29,30)26-20-18(32-5)7-6-15-11-24-27(3)21(15)20/h6-13,26H,14H2,1-5H3. The van der Waals surface area contributed by atoms with Crippen molar-refractivity contribution in [1.29, 1.82) is 0 Å². The highest BCUT2D eigenvalue weighted by atomic mass is 32.2. The van der Waals surface area contributed by atoms with Gasteiger partial charge in [-0.25, -0.2) is 18.1 Å². The Balaban J connectivity index is 1.69. The average Bonchev–Trinajstić information content (AvgIpc) is 3.42. The van der Waals surface area contributed by atoms with Crippen molar-refractivity contribution in [2.45, 2.75) is 24.2 Å². The maximum absolute atomic E-state index is 13.2. The fourth-order valence-electron chi connectivity index (χ4n) is 3.69. The number of ether oxygens (including phenoxy) is 2. The van der Waals surface area contributed by atoms with Gasteiger partial charge in [0.1, 0.15) is 16.3 Å². The molecule has 3 aromatic heterocycles. The van der Waals surface area contributed by atoms with Gasteiger partial charge in [0.2, 0.25) is 0 Å². The van der Waals surface area contributed by atoms with Crippen LogP contribution in [0.15, 0.2) is 53.9 Å². The number of hydrogen-bond acceptors (Lipinski definition) is 7. The van der Waals surface area contributed by atoms with Crippen LogP contribution in [0.1, 0.15) is 19.4 Å². The molecule has 0 spiro atoms. The van der Waals surface area contributed by atoms with Crippen LogP contribution in [0.25, 0.3) is 16.7 Å². The first-order valence-corrected chi connectivity index (χ1v) is 11.7. The van der Waals surface area contributed by atoms with Crippen molar-refractivity contribution in [1.82, 2.24) is 24.5 Å². The summed E-state index contributed by atoms with van der Waals surface area (Å²) in [6, 6.07) is 7.30. The molecule has 10 nitrogen and oxygen atoms in total. The van der Waals surface area contributed by atoms with E-state index in [0.717, 1.165) is 10.9 Å². The van der Waals surface area contributed by atoms with E-state index in [2.05, 4.69) is 33.8 Å². The quantitative estimate of drug-likeness (QED) is 0.421. The van der Waals surface area contributed by atoms with Crippen molar-refractivity contribution in [2.75, 3.05) is 25.5 Å². The third kappa shape index (κ3) is 4.29. The van der Waals surface area contributed by atoms with Crippen molar-refractivity contribution in [3.05, 3.63) is 54.6 Å². The number of aromatic nitrogens is 5. The zero-order valence-electron chi connectivity index (χ0n) is 19.1. The van der Waals surface area contributed by atoms with Crippen molar-refractivity contribution >= 4 is 26.6 Å². The Kier molecular flexibility index (Phi) is 5.85. The number of nitrogens with zero attached hydrogens (tertiary/aromatic N) is 5.